The summed E-state index contributed by atoms with van der Waals surface area (Å²) in [6.45, 7) is 0.0285. The van der Waals surface area contributed by atoms with Crippen molar-refractivity contribution in [3.8, 4) is 11.8 Å². The minimum absolute atomic E-state index is 0.0104. The largest absolute Gasteiger partial charge is 0.573 e. The van der Waals surface area contributed by atoms with Gasteiger partial charge in [-0.2, -0.15) is 5.26 Å². The van der Waals surface area contributed by atoms with Crippen molar-refractivity contribution >= 4 is 15.7 Å². The Morgan fingerprint density at radius 1 is 1.30 bits per heavy atom. The number of halogens is 3. The molecule has 1 heterocycles. The Hall–Kier alpha value is -2.32. The summed E-state index contributed by atoms with van der Waals surface area (Å²) in [5.41, 5.74) is -0.843. The van der Waals surface area contributed by atoms with Crippen LogP contribution in [-0.4, -0.2) is 44.1 Å². The molecule has 1 aromatic rings. The Balaban J connectivity index is 1.65. The van der Waals surface area contributed by atoms with Gasteiger partial charge in [0.25, 0.3) is 0 Å². The van der Waals surface area contributed by atoms with Crippen molar-refractivity contribution in [2.24, 2.45) is 0 Å². The van der Waals surface area contributed by atoms with Gasteiger partial charge in [-0.05, 0) is 43.5 Å². The number of ether oxygens (including phenoxy) is 1. The molecule has 0 unspecified atom stereocenters. The van der Waals surface area contributed by atoms with Crippen LogP contribution in [0, 0.1) is 11.3 Å². The van der Waals surface area contributed by atoms with Crippen LogP contribution < -0.4 is 15.4 Å². The van der Waals surface area contributed by atoms with Crippen molar-refractivity contribution in [3.05, 3.63) is 24.3 Å². The number of benzene rings is 1. The van der Waals surface area contributed by atoms with Gasteiger partial charge in [-0.1, -0.05) is 0 Å². The van der Waals surface area contributed by atoms with Crippen LogP contribution in [0.4, 0.5) is 13.2 Å². The quantitative estimate of drug-likeness (QED) is 0.766. The molecule has 2 fully saturated rings. The Morgan fingerprint density at radius 2 is 1.93 bits per heavy atom. The molecule has 0 bridgehead atoms. The zero-order valence-corrected chi connectivity index (χ0v) is 14.7. The highest BCUT2D eigenvalue weighted by atomic mass is 32.2. The van der Waals surface area contributed by atoms with Gasteiger partial charge in [0.1, 0.15) is 11.3 Å². The van der Waals surface area contributed by atoms with E-state index >= 15 is 0 Å². The zero-order chi connectivity index (χ0) is 19.9. The van der Waals surface area contributed by atoms with E-state index in [9.17, 15) is 26.4 Å². The fraction of sp³-hybridized carbons (Fsp3) is 0.500. The van der Waals surface area contributed by atoms with E-state index in [2.05, 4.69) is 15.4 Å². The lowest BCUT2D eigenvalue weighted by atomic mass is 10.2. The number of nitriles is 1. The Bertz CT molecular complexity index is 874. The van der Waals surface area contributed by atoms with Crippen LogP contribution in [0.2, 0.25) is 0 Å². The van der Waals surface area contributed by atoms with Gasteiger partial charge in [-0.3, -0.25) is 4.79 Å². The molecule has 3 rings (SSSR count). The maximum Gasteiger partial charge on any atom is 0.573 e. The molecule has 1 saturated heterocycles. The molecule has 146 valence electrons. The number of nitrogens with zero attached hydrogens (tertiary/aromatic N) is 1. The average molecular weight is 403 g/mol. The van der Waals surface area contributed by atoms with Crippen LogP contribution in [0.25, 0.3) is 0 Å². The van der Waals surface area contributed by atoms with Gasteiger partial charge in [-0.25, -0.2) is 8.42 Å². The van der Waals surface area contributed by atoms with Crippen LogP contribution in [0.3, 0.4) is 0 Å². The molecule has 0 aromatic heterocycles. The number of hydrogen-bond donors (Lipinski definition) is 2. The molecule has 27 heavy (non-hydrogen) atoms. The lowest BCUT2D eigenvalue weighted by Crippen LogP contribution is -2.45. The van der Waals surface area contributed by atoms with Crippen LogP contribution in [0.5, 0.6) is 5.75 Å². The summed E-state index contributed by atoms with van der Waals surface area (Å²) >= 11 is 0. The standard InChI is InChI=1S/C16H16F3N3O4S/c17-16(18,19)26-10-1-3-11(4-2-10)27(24,25)12-7-13(21-8-12)14(23)22-15(9-20)5-6-15/h1-4,12-13,21H,5-8H2,(H,22,23)/t12-,13+/m1/s1. The molecule has 1 saturated carbocycles. The number of alkyl halides is 3. The first-order chi connectivity index (χ1) is 12.5. The molecule has 1 amide bonds. The second kappa shape index (κ2) is 6.69. The topological polar surface area (TPSA) is 108 Å². The van der Waals surface area contributed by atoms with Gasteiger partial charge < -0.3 is 15.4 Å². The smallest absolute Gasteiger partial charge is 0.406 e. The predicted molar refractivity (Wildman–Crippen MR) is 86.2 cm³/mol. The first-order valence-electron chi connectivity index (χ1n) is 8.11. The van der Waals surface area contributed by atoms with Gasteiger partial charge in [-0.15, -0.1) is 13.2 Å². The molecule has 2 atom stereocenters. The van der Waals surface area contributed by atoms with Gasteiger partial charge in [0, 0.05) is 6.54 Å². The lowest BCUT2D eigenvalue weighted by molar-refractivity contribution is -0.274. The van der Waals surface area contributed by atoms with E-state index in [1.54, 1.807) is 0 Å². The van der Waals surface area contributed by atoms with Crippen molar-refractivity contribution in [1.29, 1.82) is 5.26 Å². The number of rotatable bonds is 5. The fourth-order valence-electron chi connectivity index (χ4n) is 2.88. The molecular weight excluding hydrogens is 387 g/mol. The second-order valence-corrected chi connectivity index (χ2v) is 8.79. The molecule has 1 aliphatic heterocycles. The maximum absolute atomic E-state index is 12.7. The van der Waals surface area contributed by atoms with Crippen LogP contribution in [0.1, 0.15) is 19.3 Å². The van der Waals surface area contributed by atoms with E-state index in [4.69, 9.17) is 5.26 Å². The van der Waals surface area contributed by atoms with E-state index in [0.717, 1.165) is 24.3 Å². The number of carbonyl (C=O) groups is 1. The third-order valence-corrected chi connectivity index (χ3v) is 6.72. The minimum Gasteiger partial charge on any atom is -0.406 e. The predicted octanol–water partition coefficient (Wildman–Crippen LogP) is 1.26. The zero-order valence-electron chi connectivity index (χ0n) is 13.9. The SMILES string of the molecule is N#CC1(NC(=O)[C@@H]2C[C@@H](S(=O)(=O)c3ccc(OC(F)(F)F)cc3)CN2)CC1. The van der Waals surface area contributed by atoms with Crippen molar-refractivity contribution < 1.29 is 31.1 Å². The number of carbonyl (C=O) groups excluding carboxylic acids is 1. The van der Waals surface area contributed by atoms with Crippen LogP contribution in [-0.2, 0) is 14.6 Å². The van der Waals surface area contributed by atoms with E-state index in [1.807, 2.05) is 6.07 Å². The molecule has 2 N–H and O–H groups in total. The molecule has 1 aliphatic carbocycles. The summed E-state index contributed by atoms with van der Waals surface area (Å²) in [7, 11) is -3.84. The highest BCUT2D eigenvalue weighted by Crippen LogP contribution is 2.35. The van der Waals surface area contributed by atoms with Crippen LogP contribution in [0.15, 0.2) is 29.2 Å². The van der Waals surface area contributed by atoms with E-state index < -0.39 is 44.7 Å². The van der Waals surface area contributed by atoms with E-state index in [1.165, 1.54) is 0 Å². The van der Waals surface area contributed by atoms with Crippen molar-refractivity contribution in [1.82, 2.24) is 10.6 Å². The van der Waals surface area contributed by atoms with Crippen LogP contribution >= 0.6 is 0 Å². The summed E-state index contributed by atoms with van der Waals surface area (Å²) < 4.78 is 65.6. The molecule has 0 radical (unpaired) electrons. The Labute approximate surface area is 153 Å². The number of sulfone groups is 1. The monoisotopic (exact) mass is 403 g/mol. The number of hydrogen-bond acceptors (Lipinski definition) is 6. The third kappa shape index (κ3) is 4.33. The first kappa shape index (κ1) is 19.4. The van der Waals surface area contributed by atoms with E-state index in [0.29, 0.717) is 12.8 Å². The van der Waals surface area contributed by atoms with Crippen molar-refractivity contribution in [2.75, 3.05) is 6.54 Å². The van der Waals surface area contributed by atoms with E-state index in [-0.39, 0.29) is 17.9 Å². The Morgan fingerprint density at radius 3 is 2.44 bits per heavy atom. The summed E-state index contributed by atoms with van der Waals surface area (Å²) in [5.74, 6) is -0.949. The number of amides is 1. The van der Waals surface area contributed by atoms with Gasteiger partial charge >= 0.3 is 6.36 Å². The normalized spacial score (nSPS) is 24.1. The lowest BCUT2D eigenvalue weighted by Gasteiger charge is -2.15. The van der Waals surface area contributed by atoms with Gasteiger partial charge in [0.15, 0.2) is 9.84 Å². The minimum atomic E-state index is -4.86. The first-order valence-corrected chi connectivity index (χ1v) is 9.66. The molecule has 2 aliphatic rings. The highest BCUT2D eigenvalue weighted by Gasteiger charge is 2.47. The summed E-state index contributed by atoms with van der Waals surface area (Å²) in [4.78, 5) is 12.1. The molecule has 7 nitrogen and oxygen atoms in total. The van der Waals surface area contributed by atoms with Crippen molar-refractivity contribution in [3.63, 3.8) is 0 Å². The highest BCUT2D eigenvalue weighted by molar-refractivity contribution is 7.92. The Kier molecular flexibility index (Phi) is 4.81. The van der Waals surface area contributed by atoms with Crippen molar-refractivity contribution in [2.45, 2.75) is 47.4 Å². The molecule has 1 aromatic carbocycles. The molecule has 11 heteroatoms. The van der Waals surface area contributed by atoms with Gasteiger partial charge in [0.2, 0.25) is 5.91 Å². The maximum atomic E-state index is 12.7. The summed E-state index contributed by atoms with van der Waals surface area (Å²) in [6, 6.07) is 5.21. The summed E-state index contributed by atoms with van der Waals surface area (Å²) in [5, 5.41) is 13.6. The summed E-state index contributed by atoms with van der Waals surface area (Å²) in [6.07, 6.45) is -3.72. The van der Waals surface area contributed by atoms with Gasteiger partial charge in [0.05, 0.1) is 22.3 Å². The second-order valence-electron chi connectivity index (χ2n) is 6.57. The average Bonchev–Trinajstić information content (AvgIpc) is 3.17. The number of nitrogens with one attached hydrogen (secondary N) is 2. The molecule has 0 spiro atoms. The third-order valence-electron chi connectivity index (χ3n) is 4.56. The molecular formula is C16H16F3N3O4S. The fourth-order valence-corrected chi connectivity index (χ4v) is 4.54.